The first-order valence-corrected chi connectivity index (χ1v) is 6.18. The van der Waals surface area contributed by atoms with E-state index in [1.807, 2.05) is 42.9 Å². The summed E-state index contributed by atoms with van der Waals surface area (Å²) in [6, 6.07) is 0.0885. The number of nitrogens with one attached hydrogen (secondary N) is 1. The molecule has 2 aromatic rings. The molecule has 92 valence electrons. The lowest BCUT2D eigenvalue weighted by atomic mass is 10.1. The molecule has 6 heteroatoms. The number of aryl methyl sites for hydroxylation is 2. The van der Waals surface area contributed by atoms with Gasteiger partial charge in [0.15, 0.2) is 0 Å². The molecule has 0 aromatic carbocycles. The van der Waals surface area contributed by atoms with E-state index in [2.05, 4.69) is 38.4 Å². The van der Waals surface area contributed by atoms with Crippen molar-refractivity contribution < 1.29 is 0 Å². The van der Waals surface area contributed by atoms with E-state index in [1.54, 1.807) is 0 Å². The smallest absolute Gasteiger partial charge is 0.0790 e. The van der Waals surface area contributed by atoms with Crippen molar-refractivity contribution in [2.45, 2.75) is 13.0 Å². The first-order valence-electron chi connectivity index (χ1n) is 5.39. The molecule has 0 fully saturated rings. The second-order valence-electron chi connectivity index (χ2n) is 4.03. The van der Waals surface area contributed by atoms with E-state index in [1.165, 1.54) is 5.56 Å². The van der Waals surface area contributed by atoms with Crippen LogP contribution in [0.4, 0.5) is 0 Å². The molecule has 2 rings (SSSR count). The molecule has 5 nitrogen and oxygen atoms in total. The van der Waals surface area contributed by atoms with Gasteiger partial charge in [-0.1, -0.05) is 0 Å². The highest BCUT2D eigenvalue weighted by Gasteiger charge is 2.22. The lowest BCUT2D eigenvalue weighted by Crippen LogP contribution is -2.21. The number of halogens is 1. The van der Waals surface area contributed by atoms with Crippen LogP contribution in [0.3, 0.4) is 0 Å². The molecular formula is C11H16BrN5. The van der Waals surface area contributed by atoms with Crippen molar-refractivity contribution in [3.8, 4) is 0 Å². The maximum atomic E-state index is 4.29. The molecule has 17 heavy (non-hydrogen) atoms. The maximum absolute atomic E-state index is 4.29. The van der Waals surface area contributed by atoms with Crippen molar-refractivity contribution in [3.63, 3.8) is 0 Å². The van der Waals surface area contributed by atoms with Crippen molar-refractivity contribution in [2.75, 3.05) is 7.05 Å². The van der Waals surface area contributed by atoms with E-state index < -0.39 is 0 Å². The fourth-order valence-corrected chi connectivity index (χ4v) is 2.56. The molecule has 0 saturated heterocycles. The average molecular weight is 298 g/mol. The van der Waals surface area contributed by atoms with Crippen molar-refractivity contribution >= 4 is 15.9 Å². The predicted molar refractivity (Wildman–Crippen MR) is 69.8 cm³/mol. The van der Waals surface area contributed by atoms with Gasteiger partial charge in [-0.05, 0) is 29.9 Å². The molecule has 1 N–H and O–H groups in total. The van der Waals surface area contributed by atoms with Crippen LogP contribution in [0, 0.1) is 6.92 Å². The monoisotopic (exact) mass is 297 g/mol. The van der Waals surface area contributed by atoms with Gasteiger partial charge in [0.2, 0.25) is 0 Å². The van der Waals surface area contributed by atoms with Crippen LogP contribution in [-0.4, -0.2) is 26.6 Å². The number of hydrogen-bond acceptors (Lipinski definition) is 3. The zero-order valence-corrected chi connectivity index (χ0v) is 12.0. The van der Waals surface area contributed by atoms with E-state index in [4.69, 9.17) is 0 Å². The molecule has 0 aliphatic carbocycles. The third kappa shape index (κ3) is 2.02. The Morgan fingerprint density at radius 3 is 2.29 bits per heavy atom. The van der Waals surface area contributed by atoms with Crippen LogP contribution < -0.4 is 5.32 Å². The Hall–Kier alpha value is -1.14. The molecule has 0 radical (unpaired) electrons. The minimum atomic E-state index is 0.0885. The number of nitrogens with zero attached hydrogens (tertiary/aromatic N) is 4. The normalized spacial score (nSPS) is 13.0. The predicted octanol–water partition coefficient (Wildman–Crippen LogP) is 1.53. The average Bonchev–Trinajstić information content (AvgIpc) is 2.79. The SMILES string of the molecule is CNC(c1cnn(C)c1C)c1c(Br)cnn1C. The second-order valence-corrected chi connectivity index (χ2v) is 4.89. The Morgan fingerprint density at radius 1 is 1.24 bits per heavy atom. The van der Waals surface area contributed by atoms with Gasteiger partial charge < -0.3 is 5.32 Å². The van der Waals surface area contributed by atoms with Gasteiger partial charge in [-0.15, -0.1) is 0 Å². The second kappa shape index (κ2) is 4.62. The summed E-state index contributed by atoms with van der Waals surface area (Å²) < 4.78 is 4.75. The van der Waals surface area contributed by atoms with E-state index in [-0.39, 0.29) is 6.04 Å². The highest BCUT2D eigenvalue weighted by atomic mass is 79.9. The molecule has 0 spiro atoms. The summed E-state index contributed by atoms with van der Waals surface area (Å²) in [6.07, 6.45) is 3.71. The van der Waals surface area contributed by atoms with E-state index in [0.717, 1.165) is 15.9 Å². The van der Waals surface area contributed by atoms with E-state index >= 15 is 0 Å². The minimum absolute atomic E-state index is 0.0885. The summed E-state index contributed by atoms with van der Waals surface area (Å²) in [5, 5.41) is 11.8. The van der Waals surface area contributed by atoms with Crippen molar-refractivity contribution in [3.05, 3.63) is 33.8 Å². The van der Waals surface area contributed by atoms with Crippen molar-refractivity contribution in [1.82, 2.24) is 24.9 Å². The standard InChI is InChI=1S/C11H16BrN5/c1-7-8(5-14-16(7)3)10(13-2)11-9(12)6-15-17(11)4/h5-6,10,13H,1-4H3. The summed E-state index contributed by atoms with van der Waals surface area (Å²) in [7, 11) is 5.83. The summed E-state index contributed by atoms with van der Waals surface area (Å²) in [4.78, 5) is 0. The van der Waals surface area contributed by atoms with Gasteiger partial charge in [0, 0.05) is 25.4 Å². The molecule has 0 aliphatic rings. The topological polar surface area (TPSA) is 47.7 Å². The van der Waals surface area contributed by atoms with Gasteiger partial charge in [0.1, 0.15) is 0 Å². The highest BCUT2D eigenvalue weighted by Crippen LogP contribution is 2.29. The lowest BCUT2D eigenvalue weighted by Gasteiger charge is -2.17. The summed E-state index contributed by atoms with van der Waals surface area (Å²) in [6.45, 7) is 2.07. The summed E-state index contributed by atoms with van der Waals surface area (Å²) >= 11 is 3.54. The van der Waals surface area contributed by atoms with Crippen LogP contribution in [-0.2, 0) is 14.1 Å². The number of rotatable bonds is 3. The van der Waals surface area contributed by atoms with Crippen LogP contribution in [0.25, 0.3) is 0 Å². The molecule has 0 amide bonds. The van der Waals surface area contributed by atoms with Gasteiger partial charge in [0.05, 0.1) is 28.6 Å². The molecule has 2 aromatic heterocycles. The molecule has 0 bridgehead atoms. The van der Waals surface area contributed by atoms with Crippen molar-refractivity contribution in [1.29, 1.82) is 0 Å². The fourth-order valence-electron chi connectivity index (χ4n) is 1.98. The van der Waals surface area contributed by atoms with Crippen LogP contribution in [0.5, 0.6) is 0 Å². The highest BCUT2D eigenvalue weighted by molar-refractivity contribution is 9.10. The Bertz CT molecular complexity index is 508. The minimum Gasteiger partial charge on any atom is -0.308 e. The molecule has 0 aliphatic heterocycles. The van der Waals surface area contributed by atoms with Gasteiger partial charge in [0.25, 0.3) is 0 Å². The van der Waals surface area contributed by atoms with Crippen LogP contribution in [0.15, 0.2) is 16.9 Å². The molecular weight excluding hydrogens is 282 g/mol. The number of aromatic nitrogens is 4. The largest absolute Gasteiger partial charge is 0.308 e. The summed E-state index contributed by atoms with van der Waals surface area (Å²) in [5.74, 6) is 0. The van der Waals surface area contributed by atoms with Crippen molar-refractivity contribution in [2.24, 2.45) is 14.1 Å². The Labute approximate surface area is 109 Å². The quantitative estimate of drug-likeness (QED) is 0.935. The number of hydrogen-bond donors (Lipinski definition) is 1. The zero-order chi connectivity index (χ0) is 12.6. The molecule has 2 heterocycles. The third-order valence-electron chi connectivity index (χ3n) is 3.08. The van der Waals surface area contributed by atoms with Gasteiger partial charge in [-0.3, -0.25) is 9.36 Å². The van der Waals surface area contributed by atoms with Crippen LogP contribution in [0.1, 0.15) is 23.0 Å². The van der Waals surface area contributed by atoms with Gasteiger partial charge >= 0.3 is 0 Å². The third-order valence-corrected chi connectivity index (χ3v) is 3.69. The Kier molecular flexibility index (Phi) is 3.35. The maximum Gasteiger partial charge on any atom is 0.0790 e. The molecule has 1 unspecified atom stereocenters. The Balaban J connectivity index is 2.51. The van der Waals surface area contributed by atoms with E-state index in [0.29, 0.717) is 0 Å². The van der Waals surface area contributed by atoms with Gasteiger partial charge in [-0.25, -0.2) is 0 Å². The fraction of sp³-hybridized carbons (Fsp3) is 0.455. The first kappa shape index (κ1) is 12.3. The van der Waals surface area contributed by atoms with Crippen LogP contribution >= 0.6 is 15.9 Å². The zero-order valence-electron chi connectivity index (χ0n) is 10.4. The van der Waals surface area contributed by atoms with Crippen LogP contribution in [0.2, 0.25) is 0 Å². The first-order chi connectivity index (χ1) is 8.06. The summed E-state index contributed by atoms with van der Waals surface area (Å²) in [5.41, 5.74) is 3.42. The molecule has 0 saturated carbocycles. The van der Waals surface area contributed by atoms with Gasteiger partial charge in [-0.2, -0.15) is 10.2 Å². The van der Waals surface area contributed by atoms with E-state index in [9.17, 15) is 0 Å². The molecule has 1 atom stereocenters. The Morgan fingerprint density at radius 2 is 1.88 bits per heavy atom. The lowest BCUT2D eigenvalue weighted by molar-refractivity contribution is 0.600.